The normalized spacial score (nSPS) is 26.2. The van der Waals surface area contributed by atoms with Crippen molar-refractivity contribution in [2.45, 2.75) is 71.9 Å². The van der Waals surface area contributed by atoms with Crippen LogP contribution in [0, 0.1) is 11.8 Å². The van der Waals surface area contributed by atoms with Crippen molar-refractivity contribution in [1.29, 1.82) is 0 Å². The number of oxazole rings is 1. The highest BCUT2D eigenvalue weighted by atomic mass is 16.4. The molecule has 0 radical (unpaired) electrons. The van der Waals surface area contributed by atoms with E-state index in [1.165, 1.54) is 19.3 Å². The minimum absolute atomic E-state index is 0.0143. The number of hydrogen-bond acceptors (Lipinski definition) is 3. The third-order valence-corrected chi connectivity index (χ3v) is 4.44. The van der Waals surface area contributed by atoms with Crippen LogP contribution in [0.25, 0.3) is 0 Å². The van der Waals surface area contributed by atoms with E-state index in [4.69, 9.17) is 4.42 Å². The van der Waals surface area contributed by atoms with Gasteiger partial charge in [-0.25, -0.2) is 4.98 Å². The Kier molecular flexibility index (Phi) is 5.71. The van der Waals surface area contributed by atoms with Gasteiger partial charge in [0.25, 0.3) is 0 Å². The highest BCUT2D eigenvalue weighted by Crippen LogP contribution is 2.28. The molecule has 1 aromatic heterocycles. The SMILES string of the molecule is CN=C(NCc1ncc(C(C)(C)C)o1)NC1CC(C)CC(C)C1. The molecule has 2 unspecified atom stereocenters. The first-order valence-electron chi connectivity index (χ1n) is 8.70. The summed E-state index contributed by atoms with van der Waals surface area (Å²) in [6.45, 7) is 11.6. The van der Waals surface area contributed by atoms with E-state index in [9.17, 15) is 0 Å². The lowest BCUT2D eigenvalue weighted by atomic mass is 9.80. The molecule has 23 heavy (non-hydrogen) atoms. The van der Waals surface area contributed by atoms with Gasteiger partial charge in [-0.1, -0.05) is 34.6 Å². The third kappa shape index (κ3) is 5.26. The molecule has 0 bridgehead atoms. The number of aromatic nitrogens is 1. The Labute approximate surface area is 140 Å². The van der Waals surface area contributed by atoms with E-state index >= 15 is 0 Å². The Bertz CT molecular complexity index is 519. The number of nitrogens with zero attached hydrogens (tertiary/aromatic N) is 2. The van der Waals surface area contributed by atoms with E-state index in [1.807, 2.05) is 6.20 Å². The quantitative estimate of drug-likeness (QED) is 0.661. The molecule has 0 aromatic carbocycles. The predicted octanol–water partition coefficient (Wildman–Crippen LogP) is 3.46. The van der Waals surface area contributed by atoms with Gasteiger partial charge in [0.1, 0.15) is 5.76 Å². The first-order valence-corrected chi connectivity index (χ1v) is 8.70. The number of nitrogens with one attached hydrogen (secondary N) is 2. The topological polar surface area (TPSA) is 62.5 Å². The van der Waals surface area contributed by atoms with Crippen molar-refractivity contribution in [1.82, 2.24) is 15.6 Å². The van der Waals surface area contributed by atoms with Gasteiger partial charge in [-0.15, -0.1) is 0 Å². The van der Waals surface area contributed by atoms with Crippen molar-refractivity contribution in [3.63, 3.8) is 0 Å². The molecule has 0 saturated heterocycles. The van der Waals surface area contributed by atoms with Crippen LogP contribution in [0.1, 0.15) is 65.5 Å². The van der Waals surface area contributed by atoms with Gasteiger partial charge in [-0.05, 0) is 31.1 Å². The van der Waals surface area contributed by atoms with Crippen LogP contribution >= 0.6 is 0 Å². The van der Waals surface area contributed by atoms with Crippen LogP contribution in [0.4, 0.5) is 0 Å². The Hall–Kier alpha value is -1.52. The third-order valence-electron chi connectivity index (χ3n) is 4.44. The van der Waals surface area contributed by atoms with Gasteiger partial charge in [0.05, 0.1) is 12.7 Å². The molecule has 1 aliphatic rings. The van der Waals surface area contributed by atoms with Gasteiger partial charge in [0.15, 0.2) is 5.96 Å². The molecule has 1 aromatic rings. The first-order chi connectivity index (χ1) is 10.8. The maximum Gasteiger partial charge on any atom is 0.213 e. The van der Waals surface area contributed by atoms with Crippen molar-refractivity contribution in [3.8, 4) is 0 Å². The molecule has 2 N–H and O–H groups in total. The molecule has 1 fully saturated rings. The molecule has 0 spiro atoms. The molecule has 130 valence electrons. The number of hydrogen-bond donors (Lipinski definition) is 2. The summed E-state index contributed by atoms with van der Waals surface area (Å²) in [4.78, 5) is 8.68. The Balaban J connectivity index is 1.87. The standard InChI is InChI=1S/C18H32N4O/c1-12-7-13(2)9-14(8-12)22-17(19-6)21-11-16-20-10-15(23-16)18(3,4)5/h10,12-14H,7-9,11H2,1-6H3,(H2,19,21,22). The monoisotopic (exact) mass is 320 g/mol. The number of rotatable bonds is 3. The number of aliphatic imine (C=N–C) groups is 1. The van der Waals surface area contributed by atoms with E-state index in [0.717, 1.165) is 23.6 Å². The molecule has 1 saturated carbocycles. The Morgan fingerprint density at radius 2 is 1.91 bits per heavy atom. The van der Waals surface area contributed by atoms with Gasteiger partial charge in [-0.2, -0.15) is 0 Å². The van der Waals surface area contributed by atoms with Crippen LogP contribution in [0.2, 0.25) is 0 Å². The molecular weight excluding hydrogens is 288 g/mol. The van der Waals surface area contributed by atoms with Crippen LogP contribution in [0.15, 0.2) is 15.6 Å². The van der Waals surface area contributed by atoms with E-state index in [1.54, 1.807) is 7.05 Å². The summed E-state index contributed by atoms with van der Waals surface area (Å²) in [5.41, 5.74) is -0.0143. The predicted molar refractivity (Wildman–Crippen MR) is 94.5 cm³/mol. The zero-order chi connectivity index (χ0) is 17.0. The molecule has 0 amide bonds. The second kappa shape index (κ2) is 7.37. The minimum atomic E-state index is -0.0143. The number of guanidine groups is 1. The fourth-order valence-corrected chi connectivity index (χ4v) is 3.35. The fourth-order valence-electron chi connectivity index (χ4n) is 3.35. The van der Waals surface area contributed by atoms with Crippen molar-refractivity contribution in [2.24, 2.45) is 16.8 Å². The summed E-state index contributed by atoms with van der Waals surface area (Å²) in [6, 6.07) is 0.495. The van der Waals surface area contributed by atoms with Crippen molar-refractivity contribution < 1.29 is 4.42 Å². The lowest BCUT2D eigenvalue weighted by molar-refractivity contribution is 0.255. The second-order valence-corrected chi connectivity index (χ2v) is 8.05. The molecule has 5 heteroatoms. The van der Waals surface area contributed by atoms with Crippen LogP contribution in [-0.2, 0) is 12.0 Å². The maximum atomic E-state index is 5.81. The highest BCUT2D eigenvalue weighted by molar-refractivity contribution is 5.79. The van der Waals surface area contributed by atoms with E-state index in [2.05, 4.69) is 55.2 Å². The lowest BCUT2D eigenvalue weighted by Gasteiger charge is -2.32. The van der Waals surface area contributed by atoms with Crippen molar-refractivity contribution in [3.05, 3.63) is 17.8 Å². The van der Waals surface area contributed by atoms with Crippen LogP contribution < -0.4 is 10.6 Å². The van der Waals surface area contributed by atoms with Gasteiger partial charge >= 0.3 is 0 Å². The van der Waals surface area contributed by atoms with Gasteiger partial charge in [-0.3, -0.25) is 4.99 Å². The van der Waals surface area contributed by atoms with Crippen molar-refractivity contribution in [2.75, 3.05) is 7.05 Å². The van der Waals surface area contributed by atoms with Crippen LogP contribution in [0.3, 0.4) is 0 Å². The summed E-state index contributed by atoms with van der Waals surface area (Å²) in [5.74, 6) is 3.98. The average Bonchev–Trinajstić information content (AvgIpc) is 2.91. The van der Waals surface area contributed by atoms with Gasteiger partial charge in [0, 0.05) is 18.5 Å². The van der Waals surface area contributed by atoms with E-state index in [-0.39, 0.29) is 5.41 Å². The summed E-state index contributed by atoms with van der Waals surface area (Å²) >= 11 is 0. The van der Waals surface area contributed by atoms with Crippen LogP contribution in [-0.4, -0.2) is 24.0 Å². The Morgan fingerprint density at radius 3 is 2.43 bits per heavy atom. The summed E-state index contributed by atoms with van der Waals surface area (Å²) in [6.07, 6.45) is 5.56. The highest BCUT2D eigenvalue weighted by Gasteiger charge is 2.24. The van der Waals surface area contributed by atoms with Gasteiger partial charge < -0.3 is 15.1 Å². The molecule has 1 heterocycles. The molecule has 0 aliphatic heterocycles. The summed E-state index contributed by atoms with van der Waals surface area (Å²) < 4.78 is 5.81. The fraction of sp³-hybridized carbons (Fsp3) is 0.778. The second-order valence-electron chi connectivity index (χ2n) is 8.05. The molecular formula is C18H32N4O. The molecule has 2 atom stereocenters. The molecule has 5 nitrogen and oxygen atoms in total. The van der Waals surface area contributed by atoms with E-state index < -0.39 is 0 Å². The molecule has 2 rings (SSSR count). The first kappa shape index (κ1) is 17.8. The molecule has 1 aliphatic carbocycles. The Morgan fingerprint density at radius 1 is 1.26 bits per heavy atom. The average molecular weight is 320 g/mol. The van der Waals surface area contributed by atoms with E-state index in [0.29, 0.717) is 18.5 Å². The minimum Gasteiger partial charge on any atom is -0.443 e. The zero-order valence-electron chi connectivity index (χ0n) is 15.4. The smallest absolute Gasteiger partial charge is 0.213 e. The van der Waals surface area contributed by atoms with Gasteiger partial charge in [0.2, 0.25) is 5.89 Å². The lowest BCUT2D eigenvalue weighted by Crippen LogP contribution is -2.46. The largest absolute Gasteiger partial charge is 0.443 e. The maximum absolute atomic E-state index is 5.81. The zero-order valence-corrected chi connectivity index (χ0v) is 15.4. The van der Waals surface area contributed by atoms with Crippen molar-refractivity contribution >= 4 is 5.96 Å². The van der Waals surface area contributed by atoms with Crippen LogP contribution in [0.5, 0.6) is 0 Å². The summed E-state index contributed by atoms with van der Waals surface area (Å²) in [5, 5.41) is 6.85. The summed E-state index contributed by atoms with van der Waals surface area (Å²) in [7, 11) is 1.81.